The summed E-state index contributed by atoms with van der Waals surface area (Å²) >= 11 is 0. The molecule has 0 unspecified atom stereocenters. The lowest BCUT2D eigenvalue weighted by Crippen LogP contribution is -2.44. The maximum atomic E-state index is 11.6. The number of anilines is 2. The number of rotatable bonds is 1. The molecule has 0 radical (unpaired) electrons. The number of aromatic nitrogens is 1. The fourth-order valence-corrected chi connectivity index (χ4v) is 1.63. The Kier molecular flexibility index (Phi) is 2.11. The minimum Gasteiger partial charge on any atom is -0.373 e. The molecule has 0 saturated carbocycles. The van der Waals surface area contributed by atoms with E-state index in [4.69, 9.17) is 0 Å². The van der Waals surface area contributed by atoms with Gasteiger partial charge in [-0.25, -0.2) is 4.98 Å². The fraction of sp³-hybridized carbons (Fsp3) is 0.400. The standard InChI is InChI=1S/C10H13N3O/c1-7(2)13-9(14)6-12-8-4-3-5-11-10(8)13/h3-5,7,12H,6H2,1-2H3. The van der Waals surface area contributed by atoms with Crippen LogP contribution in [0.2, 0.25) is 0 Å². The number of nitrogens with one attached hydrogen (secondary N) is 1. The Morgan fingerprint density at radius 2 is 2.36 bits per heavy atom. The zero-order valence-corrected chi connectivity index (χ0v) is 8.32. The maximum absolute atomic E-state index is 11.6. The van der Waals surface area contributed by atoms with Crippen LogP contribution < -0.4 is 10.2 Å². The minimum atomic E-state index is 0.0752. The first-order chi connectivity index (χ1) is 6.70. The SMILES string of the molecule is CC(C)N1C(=O)CNc2cccnc21. The van der Waals surface area contributed by atoms with E-state index >= 15 is 0 Å². The van der Waals surface area contributed by atoms with Crippen LogP contribution in [0.25, 0.3) is 0 Å². The highest BCUT2D eigenvalue weighted by Gasteiger charge is 2.26. The second-order valence-electron chi connectivity index (χ2n) is 3.59. The highest BCUT2D eigenvalue weighted by Crippen LogP contribution is 2.27. The number of amides is 1. The van der Waals surface area contributed by atoms with Crippen molar-refractivity contribution in [2.45, 2.75) is 19.9 Å². The Morgan fingerprint density at radius 1 is 1.57 bits per heavy atom. The largest absolute Gasteiger partial charge is 0.373 e. The summed E-state index contributed by atoms with van der Waals surface area (Å²) in [6, 6.07) is 3.95. The third kappa shape index (κ3) is 1.32. The molecule has 4 nitrogen and oxygen atoms in total. The van der Waals surface area contributed by atoms with Crippen LogP contribution in [-0.2, 0) is 4.79 Å². The van der Waals surface area contributed by atoms with Gasteiger partial charge in [0, 0.05) is 12.2 Å². The average molecular weight is 191 g/mol. The molecule has 0 aromatic carbocycles. The van der Waals surface area contributed by atoms with Crippen LogP contribution in [0.5, 0.6) is 0 Å². The maximum Gasteiger partial charge on any atom is 0.247 e. The van der Waals surface area contributed by atoms with E-state index in [1.54, 1.807) is 11.1 Å². The summed E-state index contributed by atoms with van der Waals surface area (Å²) < 4.78 is 0. The molecule has 14 heavy (non-hydrogen) atoms. The summed E-state index contributed by atoms with van der Waals surface area (Å²) in [6.07, 6.45) is 1.70. The molecule has 0 atom stereocenters. The van der Waals surface area contributed by atoms with E-state index in [1.807, 2.05) is 26.0 Å². The van der Waals surface area contributed by atoms with Crippen LogP contribution >= 0.6 is 0 Å². The van der Waals surface area contributed by atoms with E-state index in [2.05, 4.69) is 10.3 Å². The lowest BCUT2D eigenvalue weighted by Gasteiger charge is -2.31. The van der Waals surface area contributed by atoms with E-state index in [1.165, 1.54) is 0 Å². The third-order valence-electron chi connectivity index (χ3n) is 2.23. The van der Waals surface area contributed by atoms with Gasteiger partial charge < -0.3 is 5.32 Å². The first-order valence-corrected chi connectivity index (χ1v) is 4.71. The highest BCUT2D eigenvalue weighted by atomic mass is 16.2. The zero-order valence-electron chi connectivity index (χ0n) is 8.32. The Labute approximate surface area is 82.9 Å². The van der Waals surface area contributed by atoms with Crippen LogP contribution in [0.4, 0.5) is 11.5 Å². The molecule has 1 aliphatic heterocycles. The first kappa shape index (κ1) is 8.99. The topological polar surface area (TPSA) is 45.2 Å². The van der Waals surface area contributed by atoms with Crippen LogP contribution in [-0.4, -0.2) is 23.5 Å². The number of fused-ring (bicyclic) bond motifs is 1. The summed E-state index contributed by atoms with van der Waals surface area (Å²) in [7, 11) is 0. The zero-order chi connectivity index (χ0) is 10.1. The molecule has 2 heterocycles. The molecule has 0 aliphatic carbocycles. The summed E-state index contributed by atoms with van der Waals surface area (Å²) in [5, 5.41) is 3.04. The van der Waals surface area contributed by atoms with Gasteiger partial charge in [0.2, 0.25) is 5.91 Å². The van der Waals surface area contributed by atoms with Crippen molar-refractivity contribution < 1.29 is 4.79 Å². The van der Waals surface area contributed by atoms with E-state index in [9.17, 15) is 4.79 Å². The lowest BCUT2D eigenvalue weighted by molar-refractivity contribution is -0.117. The van der Waals surface area contributed by atoms with Gasteiger partial charge in [0.1, 0.15) is 0 Å². The molecule has 1 aromatic heterocycles. The minimum absolute atomic E-state index is 0.0752. The van der Waals surface area contributed by atoms with Crippen LogP contribution in [0.1, 0.15) is 13.8 Å². The lowest BCUT2D eigenvalue weighted by atomic mass is 10.2. The van der Waals surface area contributed by atoms with Crippen molar-refractivity contribution in [2.75, 3.05) is 16.8 Å². The molecular formula is C10H13N3O. The van der Waals surface area contributed by atoms with Crippen LogP contribution in [0.15, 0.2) is 18.3 Å². The smallest absolute Gasteiger partial charge is 0.247 e. The number of nitrogens with zero attached hydrogens (tertiary/aromatic N) is 2. The number of carbonyl (C=O) groups excluding carboxylic acids is 1. The number of carbonyl (C=O) groups is 1. The molecule has 1 aromatic rings. The number of hydrogen-bond acceptors (Lipinski definition) is 3. The van der Waals surface area contributed by atoms with Gasteiger partial charge in [-0.15, -0.1) is 0 Å². The van der Waals surface area contributed by atoms with Crippen molar-refractivity contribution in [2.24, 2.45) is 0 Å². The van der Waals surface area contributed by atoms with E-state index in [0.29, 0.717) is 6.54 Å². The normalized spacial score (nSPS) is 15.4. The van der Waals surface area contributed by atoms with Gasteiger partial charge in [0.05, 0.1) is 12.2 Å². The molecular weight excluding hydrogens is 178 g/mol. The van der Waals surface area contributed by atoms with E-state index in [0.717, 1.165) is 11.5 Å². The Bertz CT molecular complexity index is 362. The van der Waals surface area contributed by atoms with Gasteiger partial charge in [-0.1, -0.05) is 0 Å². The van der Waals surface area contributed by atoms with Crippen molar-refractivity contribution in [3.8, 4) is 0 Å². The molecule has 0 bridgehead atoms. The fourth-order valence-electron chi connectivity index (χ4n) is 1.63. The quantitative estimate of drug-likeness (QED) is 0.726. The van der Waals surface area contributed by atoms with E-state index in [-0.39, 0.29) is 11.9 Å². The molecule has 2 rings (SSSR count). The van der Waals surface area contributed by atoms with Crippen molar-refractivity contribution in [1.82, 2.24) is 4.98 Å². The van der Waals surface area contributed by atoms with Crippen LogP contribution in [0, 0.1) is 0 Å². The Morgan fingerprint density at radius 3 is 3.07 bits per heavy atom. The summed E-state index contributed by atoms with van der Waals surface area (Å²) in [4.78, 5) is 17.6. The molecule has 0 fully saturated rings. The number of hydrogen-bond donors (Lipinski definition) is 1. The molecule has 1 aliphatic rings. The Hall–Kier alpha value is -1.58. The molecule has 4 heteroatoms. The van der Waals surface area contributed by atoms with Crippen LogP contribution in [0.3, 0.4) is 0 Å². The van der Waals surface area contributed by atoms with Crippen molar-refractivity contribution in [3.05, 3.63) is 18.3 Å². The predicted octanol–water partition coefficient (Wildman–Crippen LogP) is 1.25. The second-order valence-corrected chi connectivity index (χ2v) is 3.59. The van der Waals surface area contributed by atoms with E-state index < -0.39 is 0 Å². The predicted molar refractivity (Wildman–Crippen MR) is 55.3 cm³/mol. The summed E-state index contributed by atoms with van der Waals surface area (Å²) in [6.45, 7) is 4.33. The van der Waals surface area contributed by atoms with Crippen molar-refractivity contribution in [3.63, 3.8) is 0 Å². The second kappa shape index (κ2) is 3.29. The molecule has 0 spiro atoms. The van der Waals surface area contributed by atoms with Gasteiger partial charge in [0.15, 0.2) is 5.82 Å². The molecule has 74 valence electrons. The highest BCUT2D eigenvalue weighted by molar-refractivity contribution is 6.01. The Balaban J connectivity index is 2.46. The van der Waals surface area contributed by atoms with Crippen molar-refractivity contribution >= 4 is 17.4 Å². The van der Waals surface area contributed by atoms with Gasteiger partial charge >= 0.3 is 0 Å². The first-order valence-electron chi connectivity index (χ1n) is 4.71. The van der Waals surface area contributed by atoms with Crippen molar-refractivity contribution in [1.29, 1.82) is 0 Å². The van der Waals surface area contributed by atoms with Gasteiger partial charge in [0.25, 0.3) is 0 Å². The molecule has 0 saturated heterocycles. The summed E-state index contributed by atoms with van der Waals surface area (Å²) in [5.74, 6) is 0.810. The van der Waals surface area contributed by atoms with Gasteiger partial charge in [-0.3, -0.25) is 9.69 Å². The number of pyridine rings is 1. The molecule has 1 N–H and O–H groups in total. The monoisotopic (exact) mass is 191 g/mol. The van der Waals surface area contributed by atoms with Gasteiger partial charge in [-0.2, -0.15) is 0 Å². The molecule has 1 amide bonds. The average Bonchev–Trinajstić information content (AvgIpc) is 2.17. The van der Waals surface area contributed by atoms with Gasteiger partial charge in [-0.05, 0) is 26.0 Å². The third-order valence-corrected chi connectivity index (χ3v) is 2.23. The summed E-state index contributed by atoms with van der Waals surface area (Å²) in [5.41, 5.74) is 0.931.